The summed E-state index contributed by atoms with van der Waals surface area (Å²) in [5.74, 6) is 1.60. The number of rotatable bonds is 4. The molecule has 1 fully saturated rings. The lowest BCUT2D eigenvalue weighted by Gasteiger charge is -2.34. The van der Waals surface area contributed by atoms with Crippen LogP contribution in [-0.2, 0) is 0 Å². The maximum Gasteiger partial charge on any atom is 0.0277 e. The minimum absolute atomic E-state index is 0.327. The first-order valence-electron chi connectivity index (χ1n) is 6.94. The van der Waals surface area contributed by atoms with Crippen molar-refractivity contribution in [2.75, 3.05) is 26.2 Å². The summed E-state index contributed by atoms with van der Waals surface area (Å²) in [5.41, 5.74) is 0.327. The van der Waals surface area contributed by atoms with E-state index >= 15 is 0 Å². The maximum atomic E-state index is 3.70. The molecule has 2 heteroatoms. The molecule has 0 aromatic rings. The summed E-state index contributed by atoms with van der Waals surface area (Å²) in [6.45, 7) is 16.6. The van der Waals surface area contributed by atoms with Gasteiger partial charge in [0.15, 0.2) is 0 Å². The molecule has 2 atom stereocenters. The van der Waals surface area contributed by atoms with Crippen molar-refractivity contribution in [3.8, 4) is 0 Å². The number of hydrogen-bond donors (Lipinski definition) is 1. The van der Waals surface area contributed by atoms with Gasteiger partial charge < -0.3 is 10.2 Å². The third kappa shape index (κ3) is 4.06. The van der Waals surface area contributed by atoms with E-state index in [1.165, 1.54) is 39.0 Å². The van der Waals surface area contributed by atoms with Crippen molar-refractivity contribution >= 4 is 0 Å². The highest BCUT2D eigenvalue weighted by Crippen LogP contribution is 2.18. The molecule has 1 N–H and O–H groups in total. The fraction of sp³-hybridized carbons (Fsp3) is 1.00. The summed E-state index contributed by atoms with van der Waals surface area (Å²) in [6, 6.07) is 0. The van der Waals surface area contributed by atoms with Crippen LogP contribution in [0.25, 0.3) is 0 Å². The first kappa shape index (κ1) is 14.0. The van der Waals surface area contributed by atoms with E-state index in [-0.39, 0.29) is 0 Å². The summed E-state index contributed by atoms with van der Waals surface area (Å²) in [6.07, 6.45) is 2.51. The molecule has 1 rings (SSSR count). The third-order valence-electron chi connectivity index (χ3n) is 4.24. The van der Waals surface area contributed by atoms with Gasteiger partial charge in [-0.15, -0.1) is 0 Å². The topological polar surface area (TPSA) is 15.3 Å². The van der Waals surface area contributed by atoms with Crippen molar-refractivity contribution < 1.29 is 0 Å². The zero-order valence-corrected chi connectivity index (χ0v) is 11.8. The van der Waals surface area contributed by atoms with Crippen LogP contribution in [0.1, 0.15) is 47.5 Å². The van der Waals surface area contributed by atoms with Crippen molar-refractivity contribution in [2.45, 2.75) is 53.0 Å². The number of nitrogens with one attached hydrogen (secondary N) is 1. The SMILES string of the molecule is CCC1(C)CN(CC(C)C(C)C)CCCN1. The molecule has 0 bridgehead atoms. The Morgan fingerprint density at radius 1 is 1.31 bits per heavy atom. The van der Waals surface area contributed by atoms with Gasteiger partial charge in [-0.1, -0.05) is 27.7 Å². The second-order valence-corrected chi connectivity index (χ2v) is 6.15. The largest absolute Gasteiger partial charge is 0.310 e. The van der Waals surface area contributed by atoms with E-state index in [0.717, 1.165) is 11.8 Å². The third-order valence-corrected chi connectivity index (χ3v) is 4.24. The van der Waals surface area contributed by atoms with Gasteiger partial charge in [-0.25, -0.2) is 0 Å². The molecule has 1 heterocycles. The highest BCUT2D eigenvalue weighted by atomic mass is 15.2. The molecular formula is C14H30N2. The van der Waals surface area contributed by atoms with Crippen LogP contribution in [-0.4, -0.2) is 36.6 Å². The molecule has 96 valence electrons. The number of hydrogen-bond acceptors (Lipinski definition) is 2. The van der Waals surface area contributed by atoms with Crippen LogP contribution in [0.15, 0.2) is 0 Å². The summed E-state index contributed by atoms with van der Waals surface area (Å²) in [7, 11) is 0. The van der Waals surface area contributed by atoms with Crippen LogP contribution in [0.2, 0.25) is 0 Å². The van der Waals surface area contributed by atoms with Gasteiger partial charge in [0, 0.05) is 18.6 Å². The average Bonchev–Trinajstić information content (AvgIpc) is 2.41. The van der Waals surface area contributed by atoms with Crippen LogP contribution in [0.3, 0.4) is 0 Å². The van der Waals surface area contributed by atoms with E-state index in [1.807, 2.05) is 0 Å². The second kappa shape index (κ2) is 6.02. The highest BCUT2D eigenvalue weighted by Gasteiger charge is 2.27. The van der Waals surface area contributed by atoms with Crippen molar-refractivity contribution in [2.24, 2.45) is 11.8 Å². The molecule has 2 nitrogen and oxygen atoms in total. The Morgan fingerprint density at radius 3 is 2.56 bits per heavy atom. The van der Waals surface area contributed by atoms with Gasteiger partial charge in [0.1, 0.15) is 0 Å². The van der Waals surface area contributed by atoms with Crippen molar-refractivity contribution in [3.63, 3.8) is 0 Å². The molecule has 0 saturated carbocycles. The average molecular weight is 226 g/mol. The Hall–Kier alpha value is -0.0800. The maximum absolute atomic E-state index is 3.70. The van der Waals surface area contributed by atoms with Crippen LogP contribution >= 0.6 is 0 Å². The van der Waals surface area contributed by atoms with Gasteiger partial charge in [0.05, 0.1) is 0 Å². The van der Waals surface area contributed by atoms with E-state index in [1.54, 1.807) is 0 Å². The van der Waals surface area contributed by atoms with E-state index in [4.69, 9.17) is 0 Å². The molecule has 16 heavy (non-hydrogen) atoms. The van der Waals surface area contributed by atoms with E-state index in [0.29, 0.717) is 5.54 Å². The quantitative estimate of drug-likeness (QED) is 0.793. The van der Waals surface area contributed by atoms with Gasteiger partial charge in [0.25, 0.3) is 0 Å². The summed E-state index contributed by atoms with van der Waals surface area (Å²) >= 11 is 0. The molecule has 0 aliphatic carbocycles. The van der Waals surface area contributed by atoms with Crippen molar-refractivity contribution in [1.29, 1.82) is 0 Å². The van der Waals surface area contributed by atoms with Gasteiger partial charge in [0.2, 0.25) is 0 Å². The zero-order valence-electron chi connectivity index (χ0n) is 11.8. The molecule has 1 aliphatic heterocycles. The standard InChI is InChI=1S/C14H30N2/c1-6-14(5)11-16(9-7-8-15-14)10-13(4)12(2)3/h12-13,15H,6-11H2,1-5H3. The summed E-state index contributed by atoms with van der Waals surface area (Å²) in [5, 5.41) is 3.70. The Labute approximate surface area is 102 Å². The smallest absolute Gasteiger partial charge is 0.0277 e. The zero-order chi connectivity index (χ0) is 12.2. The normalized spacial score (nSPS) is 30.4. The minimum atomic E-state index is 0.327. The van der Waals surface area contributed by atoms with Crippen LogP contribution in [0.5, 0.6) is 0 Å². The van der Waals surface area contributed by atoms with Crippen molar-refractivity contribution in [1.82, 2.24) is 10.2 Å². The first-order valence-corrected chi connectivity index (χ1v) is 6.94. The van der Waals surface area contributed by atoms with Gasteiger partial charge in [-0.2, -0.15) is 0 Å². The molecule has 1 aliphatic rings. The fourth-order valence-electron chi connectivity index (χ4n) is 2.33. The molecule has 0 aromatic heterocycles. The summed E-state index contributed by atoms with van der Waals surface area (Å²) in [4.78, 5) is 2.66. The van der Waals surface area contributed by atoms with E-state index in [2.05, 4.69) is 44.8 Å². The van der Waals surface area contributed by atoms with Gasteiger partial charge >= 0.3 is 0 Å². The van der Waals surface area contributed by atoms with Crippen LogP contribution in [0, 0.1) is 11.8 Å². The molecule has 2 unspecified atom stereocenters. The Bertz CT molecular complexity index is 203. The molecule has 1 saturated heterocycles. The molecule has 0 amide bonds. The van der Waals surface area contributed by atoms with Gasteiger partial charge in [-0.3, -0.25) is 0 Å². The summed E-state index contributed by atoms with van der Waals surface area (Å²) < 4.78 is 0. The molecule has 0 spiro atoms. The fourth-order valence-corrected chi connectivity index (χ4v) is 2.33. The predicted molar refractivity (Wildman–Crippen MR) is 71.8 cm³/mol. The molecule has 0 radical (unpaired) electrons. The lowest BCUT2D eigenvalue weighted by atomic mass is 9.95. The lowest BCUT2D eigenvalue weighted by Crippen LogP contribution is -2.49. The highest BCUT2D eigenvalue weighted by molar-refractivity contribution is 4.88. The number of nitrogens with zero attached hydrogens (tertiary/aromatic N) is 1. The van der Waals surface area contributed by atoms with Gasteiger partial charge in [-0.05, 0) is 44.7 Å². The predicted octanol–water partition coefficient (Wildman–Crippen LogP) is 2.74. The first-order chi connectivity index (χ1) is 7.47. The van der Waals surface area contributed by atoms with Crippen LogP contribution in [0.4, 0.5) is 0 Å². The minimum Gasteiger partial charge on any atom is -0.310 e. The lowest BCUT2D eigenvalue weighted by molar-refractivity contribution is 0.176. The molecular weight excluding hydrogens is 196 g/mol. The monoisotopic (exact) mass is 226 g/mol. The van der Waals surface area contributed by atoms with Crippen LogP contribution < -0.4 is 5.32 Å². The molecule has 0 aromatic carbocycles. The van der Waals surface area contributed by atoms with Crippen molar-refractivity contribution in [3.05, 3.63) is 0 Å². The van der Waals surface area contributed by atoms with E-state index in [9.17, 15) is 0 Å². The second-order valence-electron chi connectivity index (χ2n) is 6.15. The Morgan fingerprint density at radius 2 is 2.00 bits per heavy atom. The van der Waals surface area contributed by atoms with E-state index < -0.39 is 0 Å². The Kier molecular flexibility index (Phi) is 5.26. The Balaban J connectivity index is 2.52.